The van der Waals surface area contributed by atoms with Crippen LogP contribution in [0.1, 0.15) is 68.0 Å². The van der Waals surface area contributed by atoms with Crippen LogP contribution in [0.25, 0.3) is 0 Å². The summed E-state index contributed by atoms with van der Waals surface area (Å²) in [5.74, 6) is 0.505. The fraction of sp³-hybridized carbons (Fsp3) is 0.600. The number of unbranched alkanes of at least 4 members (excludes halogenated alkanes) is 1. The number of hydrogen-bond acceptors (Lipinski definition) is 6. The molecular weight excluding hydrogens is 485 g/mol. The van der Waals surface area contributed by atoms with Crippen LogP contribution < -0.4 is 10.1 Å². The number of alkyl halides is 1. The number of ether oxygens (including phenoxy) is 2. The Morgan fingerprint density at radius 1 is 1.32 bits per heavy atom. The molecule has 0 aliphatic carbocycles. The van der Waals surface area contributed by atoms with Crippen molar-refractivity contribution in [3.8, 4) is 5.75 Å². The van der Waals surface area contributed by atoms with Crippen LogP contribution in [0, 0.1) is 5.92 Å². The summed E-state index contributed by atoms with van der Waals surface area (Å²) in [7, 11) is 0. The Bertz CT molecular complexity index is 1130. The van der Waals surface area contributed by atoms with Crippen LogP contribution in [-0.2, 0) is 28.8 Å². The van der Waals surface area contributed by atoms with Gasteiger partial charge in [0, 0.05) is 43.4 Å². The van der Waals surface area contributed by atoms with Gasteiger partial charge >= 0.3 is 5.97 Å². The number of nitrogens with zero attached hydrogens (tertiary/aromatic N) is 2. The molecule has 3 aliphatic rings. The molecule has 7 nitrogen and oxygen atoms in total. The molecular formula is C30H40FN3O4. The summed E-state index contributed by atoms with van der Waals surface area (Å²) in [6, 6.07) is 9.08. The lowest BCUT2D eigenvalue weighted by Crippen LogP contribution is -2.38. The number of carboxylic acid groups (broad SMARTS) is 1. The average Bonchev–Trinajstić information content (AvgIpc) is 3.36. The van der Waals surface area contributed by atoms with Gasteiger partial charge in [-0.25, -0.2) is 9.37 Å². The Balaban J connectivity index is 1.14. The number of pyridine rings is 1. The number of aromatic nitrogens is 1. The third kappa shape index (κ3) is 6.12. The number of benzene rings is 1. The lowest BCUT2D eigenvalue weighted by atomic mass is 9.82. The van der Waals surface area contributed by atoms with Gasteiger partial charge in [-0.2, -0.15) is 0 Å². The predicted molar refractivity (Wildman–Crippen MR) is 145 cm³/mol. The number of halogens is 1. The van der Waals surface area contributed by atoms with E-state index < -0.39 is 17.7 Å². The minimum atomic E-state index is -1.40. The van der Waals surface area contributed by atoms with E-state index >= 15 is 0 Å². The van der Waals surface area contributed by atoms with Gasteiger partial charge in [-0.1, -0.05) is 18.2 Å². The van der Waals surface area contributed by atoms with E-state index in [0.717, 1.165) is 62.1 Å². The van der Waals surface area contributed by atoms with Gasteiger partial charge in [0.2, 0.25) is 0 Å². The molecule has 4 heterocycles. The molecule has 1 aromatic carbocycles. The van der Waals surface area contributed by atoms with Crippen LogP contribution in [0.4, 0.5) is 10.2 Å². The number of likely N-dealkylation sites (tertiary alicyclic amines) is 1. The largest absolute Gasteiger partial charge is 0.493 e. The number of aryl methyl sites for hydroxylation is 2. The highest BCUT2D eigenvalue weighted by Gasteiger charge is 2.39. The van der Waals surface area contributed by atoms with Crippen molar-refractivity contribution in [1.29, 1.82) is 0 Å². The van der Waals surface area contributed by atoms with E-state index in [1.54, 1.807) is 13.8 Å². The molecule has 206 valence electrons. The molecule has 1 saturated heterocycles. The lowest BCUT2D eigenvalue weighted by molar-refractivity contribution is -0.143. The van der Waals surface area contributed by atoms with Crippen molar-refractivity contribution in [2.24, 2.45) is 5.92 Å². The van der Waals surface area contributed by atoms with Gasteiger partial charge < -0.3 is 19.9 Å². The quantitative estimate of drug-likeness (QED) is 0.424. The number of fused-ring (bicyclic) bond motifs is 2. The number of carboxylic acids is 1. The summed E-state index contributed by atoms with van der Waals surface area (Å²) in [6.07, 6.45) is 6.41. The Hall–Kier alpha value is -2.71. The summed E-state index contributed by atoms with van der Waals surface area (Å²) in [5.41, 5.74) is 2.54. The maximum absolute atomic E-state index is 14.7. The van der Waals surface area contributed by atoms with E-state index in [-0.39, 0.29) is 12.0 Å². The maximum Gasteiger partial charge on any atom is 0.325 e. The second kappa shape index (κ2) is 11.6. The molecule has 0 saturated carbocycles. The van der Waals surface area contributed by atoms with Crippen molar-refractivity contribution in [1.82, 2.24) is 9.88 Å². The fourth-order valence-electron chi connectivity index (χ4n) is 5.91. The molecule has 2 N–H and O–H groups in total. The van der Waals surface area contributed by atoms with E-state index in [2.05, 4.69) is 17.4 Å². The van der Waals surface area contributed by atoms with Crippen LogP contribution in [0.2, 0.25) is 0 Å². The van der Waals surface area contributed by atoms with Gasteiger partial charge in [-0.05, 0) is 82.1 Å². The Labute approximate surface area is 224 Å². The molecule has 1 aromatic heterocycles. The van der Waals surface area contributed by atoms with Crippen LogP contribution in [0.5, 0.6) is 5.75 Å². The first-order valence-corrected chi connectivity index (χ1v) is 14.0. The zero-order valence-corrected chi connectivity index (χ0v) is 22.5. The molecule has 3 atom stereocenters. The number of hydrogen-bond donors (Lipinski definition) is 2. The Morgan fingerprint density at radius 3 is 3.00 bits per heavy atom. The molecule has 8 heteroatoms. The number of anilines is 1. The first kappa shape index (κ1) is 26.9. The fourth-order valence-corrected chi connectivity index (χ4v) is 5.91. The van der Waals surface area contributed by atoms with Crippen LogP contribution in [0.15, 0.2) is 30.3 Å². The number of rotatable bonds is 10. The standard InChI is InChI=1S/C30H40FN3O4/c1-30(2,31)21-17-25-24(9-5-10-26(25)38-19-21)27(29(35)36)34-15-13-23(18-34)37-16-4-3-8-22-12-11-20-7-6-14-32-28(20)33-22/h5,9-12,21,23,27H,3-4,6-8,13-19H2,1-2H3,(H,32,33)(H,35,36)/t21-,23-,27+/m1/s1. The highest BCUT2D eigenvalue weighted by molar-refractivity contribution is 5.76. The van der Waals surface area contributed by atoms with Crippen molar-refractivity contribution >= 4 is 11.8 Å². The predicted octanol–water partition coefficient (Wildman–Crippen LogP) is 4.98. The van der Waals surface area contributed by atoms with Crippen LogP contribution >= 0.6 is 0 Å². The van der Waals surface area contributed by atoms with Crippen LogP contribution in [0.3, 0.4) is 0 Å². The topological polar surface area (TPSA) is 83.9 Å². The van der Waals surface area contributed by atoms with Crippen molar-refractivity contribution in [3.05, 3.63) is 52.7 Å². The number of carbonyl (C=O) groups is 1. The molecule has 0 unspecified atom stereocenters. The van der Waals surface area contributed by atoms with Gasteiger partial charge in [0.1, 0.15) is 23.3 Å². The normalized spacial score (nSPS) is 22.2. The zero-order chi connectivity index (χ0) is 26.7. The van der Waals surface area contributed by atoms with Gasteiger partial charge in [-0.3, -0.25) is 9.69 Å². The first-order valence-electron chi connectivity index (χ1n) is 14.0. The monoisotopic (exact) mass is 525 g/mol. The second-order valence-corrected chi connectivity index (χ2v) is 11.4. The second-order valence-electron chi connectivity index (χ2n) is 11.4. The molecule has 0 amide bonds. The number of aliphatic carboxylic acids is 1. The smallest absolute Gasteiger partial charge is 0.325 e. The highest BCUT2D eigenvalue weighted by atomic mass is 19.1. The van der Waals surface area contributed by atoms with E-state index in [1.165, 1.54) is 5.56 Å². The lowest BCUT2D eigenvalue weighted by Gasteiger charge is -2.35. The first-order chi connectivity index (χ1) is 18.3. The molecule has 0 spiro atoms. The molecule has 3 aliphatic heterocycles. The number of nitrogens with one attached hydrogen (secondary N) is 1. The van der Waals surface area contributed by atoms with E-state index in [9.17, 15) is 14.3 Å². The zero-order valence-electron chi connectivity index (χ0n) is 22.5. The van der Waals surface area contributed by atoms with E-state index in [0.29, 0.717) is 44.0 Å². The molecule has 38 heavy (non-hydrogen) atoms. The van der Waals surface area contributed by atoms with E-state index in [4.69, 9.17) is 14.5 Å². The summed E-state index contributed by atoms with van der Waals surface area (Å²) in [4.78, 5) is 19.2. The van der Waals surface area contributed by atoms with Crippen molar-refractivity contribution < 1.29 is 23.8 Å². The minimum Gasteiger partial charge on any atom is -0.493 e. The molecule has 1 fully saturated rings. The molecule has 5 rings (SSSR count). The van der Waals surface area contributed by atoms with Crippen LogP contribution in [-0.4, -0.2) is 65.6 Å². The SMILES string of the molecule is CC(C)(F)[C@H]1COc2cccc([C@@H](C(=O)O)N3CC[C@@H](OCCCCc4ccc5c(n4)NCCC5)C3)c2C1. The Morgan fingerprint density at radius 2 is 2.18 bits per heavy atom. The molecule has 0 bridgehead atoms. The maximum atomic E-state index is 14.7. The van der Waals surface area contributed by atoms with Gasteiger partial charge in [0.25, 0.3) is 0 Å². The summed E-state index contributed by atoms with van der Waals surface area (Å²) in [5, 5.41) is 13.6. The van der Waals surface area contributed by atoms with Gasteiger partial charge in [0.15, 0.2) is 0 Å². The average molecular weight is 526 g/mol. The van der Waals surface area contributed by atoms with Gasteiger partial charge in [-0.15, -0.1) is 0 Å². The van der Waals surface area contributed by atoms with Crippen molar-refractivity contribution in [2.75, 3.05) is 38.2 Å². The van der Waals surface area contributed by atoms with Crippen molar-refractivity contribution in [3.63, 3.8) is 0 Å². The highest BCUT2D eigenvalue weighted by Crippen LogP contribution is 2.39. The third-order valence-electron chi connectivity index (χ3n) is 8.23. The van der Waals surface area contributed by atoms with Crippen molar-refractivity contribution in [2.45, 2.75) is 76.6 Å². The summed E-state index contributed by atoms with van der Waals surface area (Å²) >= 11 is 0. The minimum absolute atomic E-state index is 0.0104. The summed E-state index contributed by atoms with van der Waals surface area (Å²) < 4.78 is 26.7. The van der Waals surface area contributed by atoms with Gasteiger partial charge in [0.05, 0.1) is 12.7 Å². The molecule has 0 radical (unpaired) electrons. The summed E-state index contributed by atoms with van der Waals surface area (Å²) in [6.45, 7) is 6.29. The molecule has 2 aromatic rings. The third-order valence-corrected chi connectivity index (χ3v) is 8.23. The van der Waals surface area contributed by atoms with E-state index in [1.807, 2.05) is 23.1 Å². The Kier molecular flexibility index (Phi) is 8.19.